The van der Waals surface area contributed by atoms with Gasteiger partial charge in [0.05, 0.1) is 102 Å². The predicted octanol–water partition coefficient (Wildman–Crippen LogP) is 12.7. The zero-order valence-corrected chi connectivity index (χ0v) is 79.6. The van der Waals surface area contributed by atoms with E-state index in [0.29, 0.717) is 70.6 Å². The Labute approximate surface area is 782 Å². The zero-order chi connectivity index (χ0) is 91.1. The number of nitrogens with one attached hydrogen (secondary N) is 2. The van der Waals surface area contributed by atoms with E-state index in [1.807, 2.05) is 146 Å². The van der Waals surface area contributed by atoms with Gasteiger partial charge in [0.2, 0.25) is 23.6 Å². The van der Waals surface area contributed by atoms with Gasteiger partial charge in [0.15, 0.2) is 25.2 Å². The average molecular weight is 1890 g/mol. The number of carbonyl (C=O) groups excluding carboxylic acids is 4. The van der Waals surface area contributed by atoms with Crippen LogP contribution in [-0.2, 0) is 93.0 Å². The van der Waals surface area contributed by atoms with Crippen molar-refractivity contribution in [1.82, 2.24) is 20.4 Å². The quantitative estimate of drug-likeness (QED) is 0.0185. The summed E-state index contributed by atoms with van der Waals surface area (Å²) >= 11 is 0.0900. The van der Waals surface area contributed by atoms with Crippen molar-refractivity contribution in [2.24, 2.45) is 70.0 Å². The number of fused-ring (bicyclic) bond motifs is 8. The fourth-order valence-corrected chi connectivity index (χ4v) is 23.8. The molecule has 6 N–H and O–H groups in total. The Morgan fingerprint density at radius 1 is 0.442 bits per heavy atom. The first-order valence-corrected chi connectivity index (χ1v) is 50.1. The molecule has 0 spiro atoms. The van der Waals surface area contributed by atoms with Crippen molar-refractivity contribution < 1.29 is 108 Å². The van der Waals surface area contributed by atoms with Crippen LogP contribution in [0.25, 0.3) is 0 Å². The molecule has 26 atom stereocenters. The summed E-state index contributed by atoms with van der Waals surface area (Å²) < 4.78 is 63.0. The van der Waals surface area contributed by atoms with Gasteiger partial charge in [-0.1, -0.05) is 247 Å². The van der Waals surface area contributed by atoms with Gasteiger partial charge in [-0.25, -0.2) is 0 Å². The van der Waals surface area contributed by atoms with Crippen molar-refractivity contribution in [3.8, 4) is 0 Å². The molecule has 10 fully saturated rings. The topological polar surface area (TPSA) is 272 Å². The number of benzene rings is 4. The van der Waals surface area contributed by atoms with Crippen molar-refractivity contribution in [3.05, 3.63) is 192 Å². The minimum atomic E-state index is -1.24. The summed E-state index contributed by atoms with van der Waals surface area (Å²) in [4.78, 5) is 59.6. The molecular weight excluding hydrogens is 1740 g/mol. The number of ether oxygens (including phenoxy) is 10. The van der Waals surface area contributed by atoms with Crippen molar-refractivity contribution >= 4 is 37.2 Å². The van der Waals surface area contributed by atoms with E-state index in [-0.39, 0.29) is 144 Å². The van der Waals surface area contributed by atoms with Crippen LogP contribution in [0.5, 0.6) is 0 Å². The summed E-state index contributed by atoms with van der Waals surface area (Å²) in [7, 11) is 4.50. The third kappa shape index (κ3) is 19.8. The molecule has 4 aromatic rings. The van der Waals surface area contributed by atoms with E-state index in [1.165, 1.54) is 13.2 Å². The molecule has 129 heavy (non-hydrogen) atoms. The molecule has 708 valence electrons. The third-order valence-electron chi connectivity index (χ3n) is 30.9. The van der Waals surface area contributed by atoms with E-state index >= 15 is 0 Å². The number of carbonyl (C=O) groups is 4. The van der Waals surface area contributed by atoms with Crippen LogP contribution in [0.15, 0.2) is 170 Å². The first kappa shape index (κ1) is 104. The first-order valence-electron chi connectivity index (χ1n) is 46.7. The van der Waals surface area contributed by atoms with Crippen molar-refractivity contribution in [3.63, 3.8) is 0 Å². The number of aliphatic hydroxyl groups is 4. The van der Waals surface area contributed by atoms with E-state index in [1.54, 1.807) is 0 Å². The molecule has 4 aliphatic carbocycles. The molecular formula is C104H150B2IN4O18-. The Kier molecular flexibility index (Phi) is 34.8. The van der Waals surface area contributed by atoms with Gasteiger partial charge in [0, 0.05) is 48.3 Å². The summed E-state index contributed by atoms with van der Waals surface area (Å²) in [5.74, 6) is -0.500. The van der Waals surface area contributed by atoms with E-state index in [9.17, 15) is 39.6 Å². The normalized spacial score (nSPS) is 36.8. The molecule has 10 aliphatic heterocycles. The van der Waals surface area contributed by atoms with Gasteiger partial charge in [-0.15, -0.1) is 0 Å². The average Bonchev–Trinajstić information content (AvgIpc) is 1.50. The van der Waals surface area contributed by atoms with Crippen LogP contribution < -0.4 is 31.6 Å². The number of rotatable bonds is 22. The second kappa shape index (κ2) is 43.4. The maximum atomic E-state index is 14.0. The Morgan fingerprint density at radius 2 is 0.729 bits per heavy atom. The van der Waals surface area contributed by atoms with Gasteiger partial charge < -0.3 is 88.2 Å². The molecule has 10 heterocycles. The zero-order valence-electron chi connectivity index (χ0n) is 77.5. The van der Waals surface area contributed by atoms with E-state index in [2.05, 4.69) is 140 Å². The molecule has 25 heteroatoms. The third-order valence-corrected chi connectivity index (χ3v) is 30.9. The SMILES string of the molecule is C.C.CC(C)(C)[C@@H]1OC[C@]2([C@H](O)[C@@H]3C=CCCC3)N1C(=O)[C@@H]1CC(OCc3ccccc3)O[C@@]12C.C[C@H]([C@@H]1C=CCCC1)[C@@]1(CO)NC(=O)[C@@H]2CC(OCc3ccccc3)O[C@@]21C.C[C@H]([C@@H]1C=CCCC1)[C@@]12CO[C@@H](C(C)(C)C)N1C(=O)[C@@H]1CC(OCc3ccccc3)O[C@@]12C.C[C@]12OC(OCc3ccccc3)C[C@H]1C(=O)N[C@]2(CO)[C@H](O)[C@@H]1C=CCCC1.[B]C.[B][I-]C. The predicted molar refractivity (Wildman–Crippen MR) is 497 cm³/mol. The van der Waals surface area contributed by atoms with Crippen LogP contribution in [-0.4, -0.2) is 193 Å². The molecule has 10 saturated heterocycles. The van der Waals surface area contributed by atoms with E-state index in [4.69, 9.17) is 53.1 Å². The molecule has 14 aliphatic rings. The Morgan fingerprint density at radius 3 is 1.06 bits per heavy atom. The monoisotopic (exact) mass is 1890 g/mol. The molecule has 4 unspecified atom stereocenters. The number of aliphatic hydroxyl groups excluding tert-OH is 4. The second-order valence-corrected chi connectivity index (χ2v) is 41.5. The summed E-state index contributed by atoms with van der Waals surface area (Å²) in [6.07, 6.45) is 27.8. The summed E-state index contributed by atoms with van der Waals surface area (Å²) in [6.45, 7) is 28.6. The van der Waals surface area contributed by atoms with Crippen LogP contribution in [0.1, 0.15) is 223 Å². The standard InChI is InChI=1S/C28H39NO4.C27H37NO5.C23H31NO4.C22H29NO5.CH3BI.CH3B.2CH4/c1-19(21-14-10-7-11-15-21)28-18-32-25(26(2,3)4)29(28)24(30)22-16-23(33-27(22,28)5)31-17-20-12-8-6-9-13-20;1-25(2,3)24-28-23(30)20-15-21(31-16-18-11-7-5-8-12-18)33-26(20,4)27(28,17-32-24)22(29)19-13-9-6-10-14-19;1-16(18-11-7-4-8-12-18)23(15-25)22(2)19(21(26)24-23)13-20(28-22)27-14-17-9-5-3-6-10-17;1-21-17(12-18(28-21)27-13-15-8-4-2-5-9-15)20(26)23-22(21,14-24)19(25)16-10-6-3-7-11-16;1-3-2;1-2;;/h6,8-10,12-14,19,21-23,25H,7,11,15-18H2,1-5H3;5,7-9,11-13,19-22,24,29H,6,10,14-17H2,1-4H3;3,5-7,9-11,16,18-20,25H,4,8,12-15H2,1-2H3,(H,24,26);2,4-6,8-10,16-19,24-25H,3,7,11-14H2,1H3,(H,23,26);1H3;1H3;2*1H4/q;;;;-1;;;/t19-,21-,22+,23?,25+,27+,28-;19-,20+,21?,22-,24+,26+,27-;16-,18-,19+,20?,22+,23-;16-,17+,18?,19-,21+,22-;;;;/m1111..../s1. The number of hydrogen-bond donors (Lipinski definition) is 6. The molecule has 22 nitrogen and oxygen atoms in total. The van der Waals surface area contributed by atoms with Crippen LogP contribution in [0.2, 0.25) is 6.82 Å². The van der Waals surface area contributed by atoms with Crippen LogP contribution in [0, 0.1) is 70.0 Å². The summed E-state index contributed by atoms with van der Waals surface area (Å²) in [5.41, 5.74) is 1.95. The number of nitrogens with zero attached hydrogens (tertiary/aromatic N) is 2. The number of hydrogen-bond acceptors (Lipinski definition) is 18. The number of allylic oxidation sites excluding steroid dienone is 6. The summed E-state index contributed by atoms with van der Waals surface area (Å²) in [6, 6.07) is 39.9. The minimum absolute atomic E-state index is 0. The second-order valence-electron chi connectivity index (χ2n) is 40.3. The van der Waals surface area contributed by atoms with Crippen LogP contribution in [0.3, 0.4) is 0 Å². The van der Waals surface area contributed by atoms with E-state index in [0.717, 1.165) is 92.9 Å². The van der Waals surface area contributed by atoms with Gasteiger partial charge in [0.25, 0.3) is 0 Å². The molecule has 4 aromatic carbocycles. The number of alkyl halides is 1. The van der Waals surface area contributed by atoms with Gasteiger partial charge in [-0.2, -0.15) is 0 Å². The van der Waals surface area contributed by atoms with Gasteiger partial charge in [-0.05, 0) is 151 Å². The van der Waals surface area contributed by atoms with Gasteiger partial charge in [0.1, 0.15) is 51.5 Å². The Bertz CT molecular complexity index is 4160. The Hall–Kier alpha value is -5.98. The van der Waals surface area contributed by atoms with Crippen molar-refractivity contribution in [2.45, 2.75) is 328 Å². The molecule has 4 amide bonds. The van der Waals surface area contributed by atoms with Crippen LogP contribution >= 0.6 is 0 Å². The summed E-state index contributed by atoms with van der Waals surface area (Å²) in [5, 5.41) is 49.9. The number of halogens is 1. The van der Waals surface area contributed by atoms with Crippen molar-refractivity contribution in [1.29, 1.82) is 0 Å². The molecule has 0 saturated carbocycles. The van der Waals surface area contributed by atoms with Crippen molar-refractivity contribution in [2.75, 3.05) is 31.4 Å². The van der Waals surface area contributed by atoms with Gasteiger partial charge in [-0.3, -0.25) is 19.2 Å². The molecule has 18 rings (SSSR count). The molecule has 4 radical (unpaired) electrons. The number of amides is 4. The maximum absolute atomic E-state index is 14.0. The van der Waals surface area contributed by atoms with Gasteiger partial charge >= 0.3 is 31.6 Å². The fourth-order valence-electron chi connectivity index (χ4n) is 23.8. The molecule has 0 aromatic heterocycles. The van der Waals surface area contributed by atoms with Crippen LogP contribution in [0.4, 0.5) is 0 Å². The Balaban J connectivity index is 0.000000163. The fraction of sp³-hybridized carbons (Fsp3) is 0.654. The van der Waals surface area contributed by atoms with E-state index < -0.39 is 87.8 Å². The molecule has 0 bridgehead atoms. The first-order chi connectivity index (χ1) is 60.8.